The third-order valence-corrected chi connectivity index (χ3v) is 7.75. The first-order valence-corrected chi connectivity index (χ1v) is 12.8. The van der Waals surface area contributed by atoms with Gasteiger partial charge in [0.25, 0.3) is 0 Å². The molecule has 35 heavy (non-hydrogen) atoms. The van der Waals surface area contributed by atoms with Crippen molar-refractivity contribution in [3.05, 3.63) is 66.1 Å². The molecule has 0 spiro atoms. The molecule has 3 aromatic rings. The highest BCUT2D eigenvalue weighted by molar-refractivity contribution is 7.99. The molecule has 0 saturated carbocycles. The number of nitrogens with zero attached hydrogens (tertiary/aromatic N) is 2. The second kappa shape index (κ2) is 13.1. The summed E-state index contributed by atoms with van der Waals surface area (Å²) in [6, 6.07) is 14.7. The van der Waals surface area contributed by atoms with E-state index in [4.69, 9.17) is 4.74 Å². The number of carbonyl (C=O) groups is 1. The van der Waals surface area contributed by atoms with E-state index in [1.165, 1.54) is 23.4 Å². The Morgan fingerprint density at radius 2 is 2.09 bits per heavy atom. The van der Waals surface area contributed by atoms with Gasteiger partial charge in [-0.2, -0.15) is 0 Å². The molecule has 2 atom stereocenters. The predicted octanol–water partition coefficient (Wildman–Crippen LogP) is 5.94. The maximum Gasteiger partial charge on any atom is 0.308 e. The molecular formula is C27H32ClFN2O3S. The minimum atomic E-state index is -0.712. The second-order valence-corrected chi connectivity index (χ2v) is 9.96. The first-order chi connectivity index (χ1) is 16.5. The van der Waals surface area contributed by atoms with Crippen molar-refractivity contribution < 1.29 is 19.0 Å². The lowest BCUT2D eigenvalue weighted by Gasteiger charge is -2.36. The second-order valence-electron chi connectivity index (χ2n) is 8.82. The van der Waals surface area contributed by atoms with E-state index in [-0.39, 0.29) is 30.1 Å². The summed E-state index contributed by atoms with van der Waals surface area (Å²) < 4.78 is 19.2. The van der Waals surface area contributed by atoms with Gasteiger partial charge in [0.1, 0.15) is 11.6 Å². The fourth-order valence-corrected chi connectivity index (χ4v) is 5.77. The van der Waals surface area contributed by atoms with Gasteiger partial charge in [-0.3, -0.25) is 9.78 Å². The Morgan fingerprint density at radius 1 is 1.26 bits per heavy atom. The Balaban J connectivity index is 0.00000342. The molecule has 8 heteroatoms. The zero-order chi connectivity index (χ0) is 23.9. The summed E-state index contributed by atoms with van der Waals surface area (Å²) in [7, 11) is 1.66. The summed E-state index contributed by atoms with van der Waals surface area (Å²) in [5.74, 6) is 0.465. The minimum Gasteiger partial charge on any atom is -0.497 e. The highest BCUT2D eigenvalue weighted by atomic mass is 35.5. The zero-order valence-corrected chi connectivity index (χ0v) is 21.5. The van der Waals surface area contributed by atoms with E-state index >= 15 is 0 Å². The highest BCUT2D eigenvalue weighted by Gasteiger charge is 2.33. The first-order valence-electron chi connectivity index (χ1n) is 11.8. The third kappa shape index (κ3) is 7.09. The van der Waals surface area contributed by atoms with Gasteiger partial charge in [-0.1, -0.05) is 12.1 Å². The average Bonchev–Trinajstić information content (AvgIpc) is 2.85. The molecule has 0 aliphatic carbocycles. The molecule has 0 bridgehead atoms. The quantitative estimate of drug-likeness (QED) is 0.335. The first kappa shape index (κ1) is 27.2. The van der Waals surface area contributed by atoms with E-state index in [0.717, 1.165) is 61.2 Å². The molecule has 1 N–H and O–H groups in total. The summed E-state index contributed by atoms with van der Waals surface area (Å²) in [6.45, 7) is 2.22. The van der Waals surface area contributed by atoms with Crippen LogP contribution in [-0.4, -0.2) is 53.5 Å². The van der Waals surface area contributed by atoms with Gasteiger partial charge < -0.3 is 14.7 Å². The number of halogens is 2. The van der Waals surface area contributed by atoms with E-state index in [1.807, 2.05) is 36.5 Å². The van der Waals surface area contributed by atoms with Crippen LogP contribution in [0.25, 0.3) is 10.9 Å². The number of hydrogen-bond donors (Lipinski definition) is 1. The van der Waals surface area contributed by atoms with Gasteiger partial charge in [0, 0.05) is 35.3 Å². The van der Waals surface area contributed by atoms with Crippen molar-refractivity contribution >= 4 is 41.0 Å². The molecule has 4 rings (SSSR count). The van der Waals surface area contributed by atoms with Crippen LogP contribution in [-0.2, 0) is 11.2 Å². The zero-order valence-electron chi connectivity index (χ0n) is 19.9. The lowest BCUT2D eigenvalue weighted by atomic mass is 9.81. The van der Waals surface area contributed by atoms with Crippen molar-refractivity contribution in [2.75, 3.05) is 32.5 Å². The number of methoxy groups -OCH3 is 1. The molecule has 188 valence electrons. The lowest BCUT2D eigenvalue weighted by molar-refractivity contribution is -0.146. The number of thioether (sulfide) groups is 1. The topological polar surface area (TPSA) is 62.7 Å². The van der Waals surface area contributed by atoms with Crippen LogP contribution in [0.2, 0.25) is 0 Å². The number of fused-ring (bicyclic) bond motifs is 1. The number of likely N-dealkylation sites (tertiary alicyclic amines) is 1. The summed E-state index contributed by atoms with van der Waals surface area (Å²) in [5, 5.41) is 11.0. The van der Waals surface area contributed by atoms with Gasteiger partial charge in [0.2, 0.25) is 0 Å². The minimum absolute atomic E-state index is 0. The molecule has 1 aliphatic rings. The molecule has 5 nitrogen and oxygen atoms in total. The molecule has 2 aromatic carbocycles. The van der Waals surface area contributed by atoms with Gasteiger partial charge in [-0.05, 0) is 80.1 Å². The monoisotopic (exact) mass is 518 g/mol. The Labute approximate surface area is 216 Å². The molecule has 1 saturated heterocycles. The van der Waals surface area contributed by atoms with Crippen LogP contribution in [0.4, 0.5) is 4.39 Å². The standard InChI is InChI=1S/C27H31FN2O3S.ClH/c1-33-21-9-10-25-22(17-21)19(11-13-29-25)5-4-6-20-12-14-30(18-23(20)27(31)32)15-16-34-26-8-3-2-7-24(26)28;/h2-3,7-11,13,17,20,23H,4-6,12,14-16,18H2,1H3,(H,31,32);1H. The summed E-state index contributed by atoms with van der Waals surface area (Å²) in [6.07, 6.45) is 5.43. The van der Waals surface area contributed by atoms with Crippen molar-refractivity contribution in [3.8, 4) is 5.75 Å². The van der Waals surface area contributed by atoms with Crippen LogP contribution in [0.1, 0.15) is 24.8 Å². The number of pyridine rings is 1. The van der Waals surface area contributed by atoms with Crippen molar-refractivity contribution in [1.82, 2.24) is 9.88 Å². The number of hydrogen-bond acceptors (Lipinski definition) is 5. The van der Waals surface area contributed by atoms with Gasteiger partial charge >= 0.3 is 5.97 Å². The van der Waals surface area contributed by atoms with Crippen molar-refractivity contribution in [2.45, 2.75) is 30.6 Å². The number of aryl methyl sites for hydroxylation is 1. The predicted molar refractivity (Wildman–Crippen MR) is 141 cm³/mol. The fourth-order valence-electron chi connectivity index (χ4n) is 4.82. The number of aliphatic carboxylic acids is 1. The number of benzene rings is 2. The number of aromatic nitrogens is 1. The Morgan fingerprint density at radius 3 is 2.86 bits per heavy atom. The van der Waals surface area contributed by atoms with Crippen molar-refractivity contribution in [2.24, 2.45) is 11.8 Å². The van der Waals surface area contributed by atoms with E-state index in [9.17, 15) is 14.3 Å². The summed E-state index contributed by atoms with van der Waals surface area (Å²) >= 11 is 1.49. The summed E-state index contributed by atoms with van der Waals surface area (Å²) in [5.41, 5.74) is 2.17. The normalized spacial score (nSPS) is 18.2. The third-order valence-electron chi connectivity index (χ3n) is 6.72. The lowest BCUT2D eigenvalue weighted by Crippen LogP contribution is -2.44. The van der Waals surface area contributed by atoms with E-state index < -0.39 is 5.97 Å². The summed E-state index contributed by atoms with van der Waals surface area (Å²) in [4.78, 5) is 19.3. The number of piperidine rings is 1. The number of carboxylic acid groups (broad SMARTS) is 1. The number of carboxylic acids is 1. The molecule has 0 radical (unpaired) electrons. The molecular weight excluding hydrogens is 487 g/mol. The smallest absolute Gasteiger partial charge is 0.308 e. The highest BCUT2D eigenvalue weighted by Crippen LogP contribution is 2.30. The molecule has 1 aliphatic heterocycles. The Kier molecular flexibility index (Phi) is 10.2. The van der Waals surface area contributed by atoms with Crippen LogP contribution in [0, 0.1) is 17.7 Å². The number of ether oxygens (including phenoxy) is 1. The van der Waals surface area contributed by atoms with E-state index in [0.29, 0.717) is 11.4 Å². The Hall–Kier alpha value is -2.35. The Bertz CT molecular complexity index is 1130. The van der Waals surface area contributed by atoms with E-state index in [1.54, 1.807) is 19.2 Å². The maximum absolute atomic E-state index is 13.8. The van der Waals surface area contributed by atoms with Crippen LogP contribution < -0.4 is 4.74 Å². The SMILES string of the molecule is COc1ccc2nccc(CCCC3CCN(CCSc4ccccc4F)CC3C(=O)O)c2c1.Cl. The van der Waals surface area contributed by atoms with Crippen molar-refractivity contribution in [1.29, 1.82) is 0 Å². The van der Waals surface area contributed by atoms with E-state index in [2.05, 4.69) is 9.88 Å². The van der Waals surface area contributed by atoms with Gasteiger partial charge in [-0.15, -0.1) is 24.2 Å². The van der Waals surface area contributed by atoms with Gasteiger partial charge in [-0.25, -0.2) is 4.39 Å². The van der Waals surface area contributed by atoms with Gasteiger partial charge in [0.05, 0.1) is 18.5 Å². The largest absolute Gasteiger partial charge is 0.497 e. The molecule has 2 heterocycles. The van der Waals surface area contributed by atoms with Crippen LogP contribution in [0.3, 0.4) is 0 Å². The molecule has 0 amide bonds. The average molecular weight is 519 g/mol. The number of rotatable bonds is 10. The van der Waals surface area contributed by atoms with Crippen LogP contribution in [0.5, 0.6) is 5.75 Å². The van der Waals surface area contributed by atoms with Crippen LogP contribution >= 0.6 is 24.2 Å². The molecule has 2 unspecified atom stereocenters. The van der Waals surface area contributed by atoms with Crippen molar-refractivity contribution in [3.63, 3.8) is 0 Å². The fraction of sp³-hybridized carbons (Fsp3) is 0.407. The molecule has 1 aromatic heterocycles. The van der Waals surface area contributed by atoms with Crippen LogP contribution in [0.15, 0.2) is 59.6 Å². The maximum atomic E-state index is 13.8. The molecule has 1 fully saturated rings. The van der Waals surface area contributed by atoms with Gasteiger partial charge in [0.15, 0.2) is 0 Å².